The van der Waals surface area contributed by atoms with E-state index in [-0.39, 0.29) is 0 Å². The first-order chi connectivity index (χ1) is 7.34. The van der Waals surface area contributed by atoms with E-state index in [1.807, 2.05) is 11.8 Å². The molecular weight excluding hydrogens is 288 g/mol. The molecule has 15 heavy (non-hydrogen) atoms. The normalized spacial score (nSPS) is 10.8. The predicted octanol–water partition coefficient (Wildman–Crippen LogP) is 5.96. The summed E-state index contributed by atoms with van der Waals surface area (Å²) in [5, 5.41) is 2.15. The van der Waals surface area contributed by atoms with Crippen LogP contribution < -0.4 is 0 Å². The molecule has 0 unspecified atom stereocenters. The van der Waals surface area contributed by atoms with Gasteiger partial charge in [0.15, 0.2) is 0 Å². The van der Waals surface area contributed by atoms with Crippen molar-refractivity contribution in [1.82, 2.24) is 0 Å². The molecule has 86 valence electrons. The van der Waals surface area contributed by atoms with Crippen LogP contribution in [0, 0.1) is 0 Å². The van der Waals surface area contributed by atoms with Crippen molar-refractivity contribution in [3.63, 3.8) is 0 Å². The van der Waals surface area contributed by atoms with Crippen molar-refractivity contribution in [3.8, 4) is 0 Å². The maximum atomic E-state index is 3.57. The highest BCUT2D eigenvalue weighted by Gasteiger charge is 2.00. The average Bonchev–Trinajstić information content (AvgIpc) is 2.63. The van der Waals surface area contributed by atoms with E-state index in [4.69, 9.17) is 0 Å². The predicted molar refractivity (Wildman–Crippen MR) is 76.1 cm³/mol. The van der Waals surface area contributed by atoms with Crippen molar-refractivity contribution in [3.05, 3.63) is 15.2 Å². The van der Waals surface area contributed by atoms with Crippen LogP contribution in [-0.4, -0.2) is 5.75 Å². The van der Waals surface area contributed by atoms with Crippen LogP contribution in [0.5, 0.6) is 0 Å². The third-order valence-electron chi connectivity index (χ3n) is 2.34. The average molecular weight is 307 g/mol. The molecule has 0 nitrogen and oxygen atoms in total. The van der Waals surface area contributed by atoms with Crippen LogP contribution in [0.25, 0.3) is 0 Å². The number of unbranched alkanes of at least 4 members (excludes halogenated alkanes) is 5. The first-order valence-electron chi connectivity index (χ1n) is 5.70. The molecule has 1 aromatic rings. The molecule has 1 rings (SSSR count). The van der Waals surface area contributed by atoms with Gasteiger partial charge >= 0.3 is 0 Å². The number of hydrogen-bond donors (Lipinski definition) is 0. The highest BCUT2D eigenvalue weighted by Crippen LogP contribution is 2.32. The lowest BCUT2D eigenvalue weighted by atomic mass is 10.1. The van der Waals surface area contributed by atoms with E-state index in [1.54, 1.807) is 11.3 Å². The van der Waals surface area contributed by atoms with Crippen molar-refractivity contribution in [1.29, 1.82) is 0 Å². The summed E-state index contributed by atoms with van der Waals surface area (Å²) in [5.74, 6) is 1.27. The van der Waals surface area contributed by atoms with Gasteiger partial charge in [0, 0.05) is 4.90 Å². The third kappa shape index (κ3) is 5.98. The fourth-order valence-corrected chi connectivity index (χ4v) is 4.01. The summed E-state index contributed by atoms with van der Waals surface area (Å²) in [5.41, 5.74) is 0. The van der Waals surface area contributed by atoms with Gasteiger partial charge in [0.05, 0.1) is 3.79 Å². The number of halogens is 1. The molecular formula is C12H19BrS2. The van der Waals surface area contributed by atoms with Gasteiger partial charge in [-0.1, -0.05) is 39.0 Å². The molecule has 0 aliphatic rings. The minimum Gasteiger partial charge on any atom is -0.136 e. The van der Waals surface area contributed by atoms with Gasteiger partial charge in [0.2, 0.25) is 0 Å². The fourth-order valence-electron chi connectivity index (χ4n) is 1.45. The summed E-state index contributed by atoms with van der Waals surface area (Å²) in [4.78, 5) is 1.41. The molecule has 0 radical (unpaired) electrons. The summed E-state index contributed by atoms with van der Waals surface area (Å²) < 4.78 is 1.29. The maximum absolute atomic E-state index is 3.57. The van der Waals surface area contributed by atoms with Crippen molar-refractivity contribution < 1.29 is 0 Å². The van der Waals surface area contributed by atoms with Crippen LogP contribution in [0.3, 0.4) is 0 Å². The third-order valence-corrected chi connectivity index (χ3v) is 5.56. The van der Waals surface area contributed by atoms with Crippen LogP contribution in [0.15, 0.2) is 20.1 Å². The largest absolute Gasteiger partial charge is 0.136 e. The molecule has 0 amide bonds. The van der Waals surface area contributed by atoms with E-state index in [2.05, 4.69) is 34.3 Å². The summed E-state index contributed by atoms with van der Waals surface area (Å²) in [6.07, 6.45) is 8.34. The minimum atomic E-state index is 1.27. The lowest BCUT2D eigenvalue weighted by molar-refractivity contribution is 0.627. The Balaban J connectivity index is 1.96. The Morgan fingerprint density at radius 2 is 1.93 bits per heavy atom. The van der Waals surface area contributed by atoms with Crippen LogP contribution in [0.4, 0.5) is 0 Å². The lowest BCUT2D eigenvalue weighted by Gasteiger charge is -2.00. The zero-order valence-electron chi connectivity index (χ0n) is 9.30. The number of hydrogen-bond acceptors (Lipinski definition) is 2. The highest BCUT2D eigenvalue weighted by molar-refractivity contribution is 9.11. The van der Waals surface area contributed by atoms with Crippen LogP contribution in [0.1, 0.15) is 45.4 Å². The quantitative estimate of drug-likeness (QED) is 0.421. The lowest BCUT2D eigenvalue weighted by Crippen LogP contribution is -1.81. The Hall–Kier alpha value is 0.530. The van der Waals surface area contributed by atoms with Crippen LogP contribution in [0.2, 0.25) is 0 Å². The molecule has 0 aromatic carbocycles. The second kappa shape index (κ2) is 8.66. The van der Waals surface area contributed by atoms with E-state index >= 15 is 0 Å². The number of rotatable bonds is 8. The smallest absolute Gasteiger partial charge is 0.0834 e. The van der Waals surface area contributed by atoms with Crippen LogP contribution in [-0.2, 0) is 0 Å². The maximum Gasteiger partial charge on any atom is 0.0834 e. The summed E-state index contributed by atoms with van der Waals surface area (Å²) in [7, 11) is 0. The Morgan fingerprint density at radius 3 is 2.60 bits per heavy atom. The van der Waals surface area contributed by atoms with Gasteiger partial charge in [-0.05, 0) is 39.6 Å². The highest BCUT2D eigenvalue weighted by atomic mass is 79.9. The zero-order chi connectivity index (χ0) is 10.9. The van der Waals surface area contributed by atoms with Crippen molar-refractivity contribution in [2.45, 2.75) is 50.3 Å². The van der Waals surface area contributed by atoms with Gasteiger partial charge in [-0.15, -0.1) is 23.1 Å². The molecule has 1 heterocycles. The first-order valence-corrected chi connectivity index (χ1v) is 8.36. The van der Waals surface area contributed by atoms with Crippen molar-refractivity contribution in [2.75, 3.05) is 5.75 Å². The second-order valence-electron chi connectivity index (χ2n) is 3.67. The molecule has 0 spiro atoms. The summed E-state index contributed by atoms with van der Waals surface area (Å²) >= 11 is 7.32. The Morgan fingerprint density at radius 1 is 1.20 bits per heavy atom. The molecule has 0 bridgehead atoms. The number of thiophene rings is 1. The van der Waals surface area contributed by atoms with Gasteiger partial charge in [-0.25, -0.2) is 0 Å². The molecule has 0 fully saturated rings. The molecule has 0 saturated carbocycles. The van der Waals surface area contributed by atoms with Gasteiger partial charge in [0.1, 0.15) is 0 Å². The van der Waals surface area contributed by atoms with E-state index in [1.165, 1.54) is 53.0 Å². The Kier molecular flexibility index (Phi) is 7.84. The second-order valence-corrected chi connectivity index (χ2v) is 7.05. The Bertz CT molecular complexity index is 258. The molecule has 0 saturated heterocycles. The number of thioether (sulfide) groups is 1. The summed E-state index contributed by atoms with van der Waals surface area (Å²) in [6, 6.07) is 2.20. The van der Waals surface area contributed by atoms with Gasteiger partial charge in [0.25, 0.3) is 0 Å². The molecule has 0 aliphatic heterocycles. The molecule has 3 heteroatoms. The van der Waals surface area contributed by atoms with E-state index < -0.39 is 0 Å². The summed E-state index contributed by atoms with van der Waals surface area (Å²) in [6.45, 7) is 2.27. The van der Waals surface area contributed by atoms with E-state index in [9.17, 15) is 0 Å². The molecule has 1 aromatic heterocycles. The monoisotopic (exact) mass is 306 g/mol. The van der Waals surface area contributed by atoms with Crippen molar-refractivity contribution in [2.24, 2.45) is 0 Å². The van der Waals surface area contributed by atoms with Gasteiger partial charge < -0.3 is 0 Å². The van der Waals surface area contributed by atoms with Gasteiger partial charge in [-0.2, -0.15) is 0 Å². The van der Waals surface area contributed by atoms with Crippen LogP contribution >= 0.6 is 39.0 Å². The standard InChI is InChI=1S/C12H19BrS2/c1-2-3-4-5-6-7-9-14-11-8-10-15-12(11)13/h8,10H,2-7,9H2,1H3. The zero-order valence-corrected chi connectivity index (χ0v) is 12.5. The van der Waals surface area contributed by atoms with Gasteiger partial charge in [-0.3, -0.25) is 0 Å². The Labute approximate surface area is 110 Å². The fraction of sp³-hybridized carbons (Fsp3) is 0.667. The molecule has 0 atom stereocenters. The topological polar surface area (TPSA) is 0 Å². The van der Waals surface area contributed by atoms with E-state index in [0.29, 0.717) is 0 Å². The SMILES string of the molecule is CCCCCCCCSc1ccsc1Br. The molecule has 0 aliphatic carbocycles. The minimum absolute atomic E-state index is 1.27. The van der Waals surface area contributed by atoms with Crippen molar-refractivity contribution >= 4 is 39.0 Å². The molecule has 0 N–H and O–H groups in total. The first kappa shape index (κ1) is 13.6. The van der Waals surface area contributed by atoms with E-state index in [0.717, 1.165) is 0 Å².